The molecule has 0 rings (SSSR count). The summed E-state index contributed by atoms with van der Waals surface area (Å²) in [6.07, 6.45) is 0. The third-order valence-electron chi connectivity index (χ3n) is 0.292. The Morgan fingerprint density at radius 2 is 2.00 bits per heavy atom. The highest BCUT2D eigenvalue weighted by Crippen LogP contribution is 1.90. The van der Waals surface area contributed by atoms with Crippen LogP contribution in [0.4, 0.5) is 9.23 Å². The van der Waals surface area contributed by atoms with Crippen molar-refractivity contribution in [1.82, 2.24) is 0 Å². The van der Waals surface area contributed by atoms with Crippen molar-refractivity contribution in [1.29, 1.82) is 0 Å². The summed E-state index contributed by atoms with van der Waals surface area (Å²) in [5.74, 6) is 0. The molecule has 0 spiro atoms. The maximum absolute atomic E-state index is 10.6. The molecule has 0 N–H and O–H groups in total. The molecule has 6 heteroatoms. The largest absolute Gasteiger partial charge is 0.319 e. The molecule has 50 valence electrons. The third kappa shape index (κ3) is 3.69. The second-order valence-electron chi connectivity index (χ2n) is 0.722. The van der Waals surface area contributed by atoms with Gasteiger partial charge in [-0.05, 0) is 4.53 Å². The van der Waals surface area contributed by atoms with Crippen LogP contribution < -0.4 is 0 Å². The Balaban J connectivity index is 0. The lowest BCUT2D eigenvalue weighted by Gasteiger charge is -1.80. The summed E-state index contributed by atoms with van der Waals surface area (Å²) >= 11 is 0. The fraction of sp³-hybridized carbons (Fsp3) is 0. The van der Waals surface area contributed by atoms with Gasteiger partial charge in [0.2, 0.25) is 0 Å². The Kier molecular flexibility index (Phi) is 4.59. The first kappa shape index (κ1) is 10.5. The van der Waals surface area contributed by atoms with Crippen LogP contribution in [-0.4, -0.2) is 8.42 Å². The van der Waals surface area contributed by atoms with Gasteiger partial charge in [0.1, 0.15) is 0 Å². The molecule has 0 aromatic carbocycles. The summed E-state index contributed by atoms with van der Waals surface area (Å²) in [4.78, 5) is 0. The van der Waals surface area contributed by atoms with E-state index in [-0.39, 0.29) is 4.70 Å². The summed E-state index contributed by atoms with van der Waals surface area (Å²) in [5.41, 5.74) is 0. The smallest absolute Gasteiger partial charge is 0.269 e. The SMILES string of the molecule is C=CS(=O)(=O)OF.F. The van der Waals surface area contributed by atoms with Crippen LogP contribution >= 0.6 is 0 Å². The van der Waals surface area contributed by atoms with E-state index >= 15 is 0 Å². The first-order valence-electron chi connectivity index (χ1n) is 1.30. The van der Waals surface area contributed by atoms with Gasteiger partial charge in [-0.3, -0.25) is 4.70 Å². The van der Waals surface area contributed by atoms with E-state index in [1.54, 1.807) is 0 Å². The Labute approximate surface area is 45.2 Å². The zero-order chi connectivity index (χ0) is 5.91. The zero-order valence-corrected chi connectivity index (χ0v) is 4.52. The standard InChI is InChI=1S/C2H3FO3S.FH/c1-2-7(4,5)6-3;/h2H,1H2;1H. The van der Waals surface area contributed by atoms with Gasteiger partial charge < -0.3 is 0 Å². The number of hydrogen-bond acceptors (Lipinski definition) is 3. The molecule has 0 aromatic rings. The molecule has 0 heterocycles. The molecule has 0 aliphatic carbocycles. The van der Waals surface area contributed by atoms with Crippen molar-refractivity contribution in [3.05, 3.63) is 12.0 Å². The van der Waals surface area contributed by atoms with Crippen LogP contribution in [0.5, 0.6) is 0 Å². The molecule has 0 fully saturated rings. The van der Waals surface area contributed by atoms with Gasteiger partial charge in [0.05, 0.1) is 5.41 Å². The molecule has 0 aromatic heterocycles. The maximum atomic E-state index is 10.6. The maximum Gasteiger partial charge on any atom is 0.319 e. The van der Waals surface area contributed by atoms with E-state index in [0.717, 1.165) is 0 Å². The van der Waals surface area contributed by atoms with E-state index in [1.807, 2.05) is 0 Å². The molecular formula is C2H4F2O3S. The van der Waals surface area contributed by atoms with Crippen molar-refractivity contribution < 1.29 is 22.0 Å². The fourth-order valence-corrected chi connectivity index (χ4v) is 0.0772. The van der Waals surface area contributed by atoms with Crippen molar-refractivity contribution in [2.45, 2.75) is 0 Å². The van der Waals surface area contributed by atoms with Crippen LogP contribution in [0.3, 0.4) is 0 Å². The van der Waals surface area contributed by atoms with Gasteiger partial charge in [0.15, 0.2) is 0 Å². The Morgan fingerprint density at radius 1 is 1.62 bits per heavy atom. The third-order valence-corrected chi connectivity index (χ3v) is 0.876. The van der Waals surface area contributed by atoms with Crippen LogP contribution in [0.1, 0.15) is 0 Å². The first-order chi connectivity index (χ1) is 3.12. The highest BCUT2D eigenvalue weighted by atomic mass is 32.2. The molecule has 0 radical (unpaired) electrons. The number of halogens is 2. The lowest BCUT2D eigenvalue weighted by Crippen LogP contribution is -1.90. The quantitative estimate of drug-likeness (QED) is 0.570. The Hall–Kier alpha value is -0.490. The summed E-state index contributed by atoms with van der Waals surface area (Å²) in [7, 11) is -4.06. The minimum atomic E-state index is -4.06. The highest BCUT2D eigenvalue weighted by Gasteiger charge is 2.00. The lowest BCUT2D eigenvalue weighted by atomic mass is 11.3. The van der Waals surface area contributed by atoms with Gasteiger partial charge >= 0.3 is 10.1 Å². The molecule has 0 aliphatic rings. The molecule has 0 saturated carbocycles. The molecule has 3 nitrogen and oxygen atoms in total. The van der Waals surface area contributed by atoms with Crippen LogP contribution in [-0.2, 0) is 14.5 Å². The van der Waals surface area contributed by atoms with E-state index in [2.05, 4.69) is 11.0 Å². The Bertz CT molecular complexity index is 149. The molecule has 0 bridgehead atoms. The summed E-state index contributed by atoms with van der Waals surface area (Å²) in [6, 6.07) is 0. The van der Waals surface area contributed by atoms with E-state index in [4.69, 9.17) is 0 Å². The predicted molar refractivity (Wildman–Crippen MR) is 23.8 cm³/mol. The summed E-state index contributed by atoms with van der Waals surface area (Å²) in [6.45, 7) is 2.75. The van der Waals surface area contributed by atoms with Crippen molar-refractivity contribution in [3.8, 4) is 0 Å². The topological polar surface area (TPSA) is 43.4 Å². The average molecular weight is 146 g/mol. The van der Waals surface area contributed by atoms with E-state index < -0.39 is 10.1 Å². The minimum Gasteiger partial charge on any atom is -0.269 e. The molecule has 0 saturated heterocycles. The molecule has 0 unspecified atom stereocenters. The van der Waals surface area contributed by atoms with E-state index in [0.29, 0.717) is 5.41 Å². The molecule has 0 aliphatic heterocycles. The zero-order valence-electron chi connectivity index (χ0n) is 3.70. The number of hydrogen-bond donors (Lipinski definition) is 0. The normalized spacial score (nSPS) is 9.62. The van der Waals surface area contributed by atoms with Gasteiger partial charge in [-0.25, -0.2) is 0 Å². The summed E-state index contributed by atoms with van der Waals surface area (Å²) in [5, 5.41) is 0.368. The second-order valence-corrected chi connectivity index (χ2v) is 2.17. The predicted octanol–water partition coefficient (Wildman–Crippen LogP) is 0.513. The van der Waals surface area contributed by atoms with Gasteiger partial charge in [-0.1, -0.05) is 11.0 Å². The van der Waals surface area contributed by atoms with Gasteiger partial charge in [-0.2, -0.15) is 8.42 Å². The van der Waals surface area contributed by atoms with Crippen LogP contribution in [0, 0.1) is 0 Å². The van der Waals surface area contributed by atoms with Crippen LogP contribution in [0.25, 0.3) is 0 Å². The van der Waals surface area contributed by atoms with Crippen LogP contribution in [0.2, 0.25) is 0 Å². The molecule has 0 amide bonds. The van der Waals surface area contributed by atoms with Crippen molar-refractivity contribution >= 4 is 10.1 Å². The monoisotopic (exact) mass is 146 g/mol. The Morgan fingerprint density at radius 3 is 2.00 bits per heavy atom. The van der Waals surface area contributed by atoms with E-state index in [1.165, 1.54) is 0 Å². The van der Waals surface area contributed by atoms with Crippen LogP contribution in [0.15, 0.2) is 12.0 Å². The number of rotatable bonds is 2. The van der Waals surface area contributed by atoms with Crippen molar-refractivity contribution in [3.63, 3.8) is 0 Å². The molecule has 8 heavy (non-hydrogen) atoms. The fourth-order valence-electron chi connectivity index (χ4n) is 0.0257. The van der Waals surface area contributed by atoms with Gasteiger partial charge in [0.25, 0.3) is 0 Å². The van der Waals surface area contributed by atoms with E-state index in [9.17, 15) is 12.9 Å². The molecular weight excluding hydrogens is 142 g/mol. The van der Waals surface area contributed by atoms with Gasteiger partial charge in [-0.15, -0.1) is 0 Å². The van der Waals surface area contributed by atoms with Crippen molar-refractivity contribution in [2.24, 2.45) is 0 Å². The average Bonchev–Trinajstić information content (AvgIpc) is 1.68. The van der Waals surface area contributed by atoms with Gasteiger partial charge in [0, 0.05) is 0 Å². The molecule has 0 atom stereocenters. The first-order valence-corrected chi connectivity index (χ1v) is 2.77. The minimum absolute atomic E-state index is 0. The lowest BCUT2D eigenvalue weighted by molar-refractivity contribution is 0.00525. The van der Waals surface area contributed by atoms with Crippen molar-refractivity contribution in [2.75, 3.05) is 0 Å². The summed E-state index contributed by atoms with van der Waals surface area (Å²) < 4.78 is 32.4. The highest BCUT2D eigenvalue weighted by molar-refractivity contribution is 7.89. The second kappa shape index (κ2) is 3.50.